The molecule has 12 heteroatoms. The number of phenols is 1. The van der Waals surface area contributed by atoms with Gasteiger partial charge in [-0.25, -0.2) is 9.59 Å². The van der Waals surface area contributed by atoms with Crippen molar-refractivity contribution >= 4 is 47.0 Å². The third-order valence-electron chi connectivity index (χ3n) is 9.27. The van der Waals surface area contributed by atoms with Gasteiger partial charge in [-0.1, -0.05) is 51.3 Å². The molecule has 1 saturated heterocycles. The van der Waals surface area contributed by atoms with Crippen LogP contribution in [0.3, 0.4) is 0 Å². The number of hydrogen-bond donors (Lipinski definition) is 3. The number of thiophene rings is 1. The Morgan fingerprint density at radius 2 is 1.98 bits per heavy atom. The summed E-state index contributed by atoms with van der Waals surface area (Å²) in [6.45, 7) is 8.10. The van der Waals surface area contributed by atoms with E-state index in [1.807, 2.05) is 17.5 Å². The first-order valence-electron chi connectivity index (χ1n) is 16.6. The fourth-order valence-corrected chi connectivity index (χ4v) is 8.83. The lowest BCUT2D eigenvalue weighted by atomic mass is 9.71. The van der Waals surface area contributed by atoms with Crippen molar-refractivity contribution in [1.29, 1.82) is 0 Å². The first kappa shape index (κ1) is 35.5. The number of benzene rings is 1. The number of fused-ring (bicyclic) bond motifs is 1. The average molecular weight is 697 g/mol. The predicted molar refractivity (Wildman–Crippen MR) is 185 cm³/mol. The monoisotopic (exact) mass is 696 g/mol. The Kier molecular flexibility index (Phi) is 11.6. The lowest BCUT2D eigenvalue weighted by molar-refractivity contribution is -0.150. The van der Waals surface area contributed by atoms with Gasteiger partial charge < -0.3 is 25.0 Å². The molecule has 1 aromatic carbocycles. The number of ether oxygens (including phenoxy) is 2. The summed E-state index contributed by atoms with van der Waals surface area (Å²) < 4.78 is 11.3. The van der Waals surface area contributed by atoms with Crippen molar-refractivity contribution in [2.45, 2.75) is 90.0 Å². The molecule has 0 spiro atoms. The second-order valence-corrected chi connectivity index (χ2v) is 15.2. The van der Waals surface area contributed by atoms with Crippen molar-refractivity contribution in [3.05, 3.63) is 68.6 Å². The minimum absolute atomic E-state index is 0.0762. The van der Waals surface area contributed by atoms with Crippen LogP contribution in [0.4, 0.5) is 4.79 Å². The second-order valence-electron chi connectivity index (χ2n) is 13.1. The van der Waals surface area contributed by atoms with Gasteiger partial charge in [-0.05, 0) is 73.6 Å². The Bertz CT molecular complexity index is 1600. The van der Waals surface area contributed by atoms with Crippen LogP contribution in [0.25, 0.3) is 0 Å². The number of aromatic hydroxyl groups is 1. The number of carboxylic acid groups (broad SMARTS) is 1. The SMILES string of the molecule is CCCCCc1cc(O)c([C@@H]2C=C(C)CC[C@H]2C(C)C)c(OC(=O)OCC2=C(C(=O)O)N3C(=O)[C@@H](NC(=O)Cc4cccs4)[C@H]3SC2)c1. The minimum Gasteiger partial charge on any atom is -0.507 e. The van der Waals surface area contributed by atoms with Crippen molar-refractivity contribution in [2.75, 3.05) is 12.4 Å². The summed E-state index contributed by atoms with van der Waals surface area (Å²) in [5.41, 5.74) is 2.61. The van der Waals surface area contributed by atoms with Gasteiger partial charge in [0.05, 0.1) is 6.42 Å². The zero-order valence-corrected chi connectivity index (χ0v) is 29.5. The zero-order chi connectivity index (χ0) is 34.5. The van der Waals surface area contributed by atoms with E-state index in [1.165, 1.54) is 28.7 Å². The van der Waals surface area contributed by atoms with E-state index in [2.05, 4.69) is 39.1 Å². The van der Waals surface area contributed by atoms with Gasteiger partial charge >= 0.3 is 12.1 Å². The van der Waals surface area contributed by atoms with Crippen LogP contribution in [-0.2, 0) is 32.0 Å². The molecule has 1 aliphatic carbocycles. The van der Waals surface area contributed by atoms with Gasteiger partial charge in [-0.3, -0.25) is 14.5 Å². The number of carbonyl (C=O) groups excluding carboxylic acids is 3. The lowest BCUT2D eigenvalue weighted by Gasteiger charge is -2.49. The molecule has 1 aromatic heterocycles. The van der Waals surface area contributed by atoms with Crippen molar-refractivity contribution in [3.8, 4) is 11.5 Å². The quantitative estimate of drug-likeness (QED) is 0.0679. The first-order valence-corrected chi connectivity index (χ1v) is 18.5. The number of nitrogens with zero attached hydrogens (tertiary/aromatic N) is 1. The van der Waals surface area contributed by atoms with Crippen LogP contribution in [0.5, 0.6) is 11.5 Å². The van der Waals surface area contributed by atoms with Crippen LogP contribution >= 0.6 is 23.1 Å². The Morgan fingerprint density at radius 1 is 1.19 bits per heavy atom. The number of hydrogen-bond acceptors (Lipinski definition) is 9. The Morgan fingerprint density at radius 3 is 2.67 bits per heavy atom. The highest BCUT2D eigenvalue weighted by Gasteiger charge is 2.54. The summed E-state index contributed by atoms with van der Waals surface area (Å²) in [5.74, 6) is -1.27. The summed E-state index contributed by atoms with van der Waals surface area (Å²) in [4.78, 5) is 53.2. The number of unbranched alkanes of at least 4 members (excludes halogenated alkanes) is 2. The largest absolute Gasteiger partial charge is 0.514 e. The molecule has 4 atom stereocenters. The van der Waals surface area contributed by atoms with Crippen molar-refractivity contribution < 1.29 is 38.9 Å². The molecule has 3 heterocycles. The molecular formula is C36H44N2O8S2. The molecule has 0 saturated carbocycles. The number of carbonyl (C=O) groups is 4. The Balaban J connectivity index is 1.31. The molecular weight excluding hydrogens is 653 g/mol. The van der Waals surface area contributed by atoms with Crippen molar-refractivity contribution in [3.63, 3.8) is 0 Å². The van der Waals surface area contributed by atoms with Gasteiger partial charge in [-0.15, -0.1) is 23.1 Å². The van der Waals surface area contributed by atoms with E-state index < -0.39 is 36.1 Å². The van der Waals surface area contributed by atoms with Gasteiger partial charge in [0.25, 0.3) is 5.91 Å². The van der Waals surface area contributed by atoms with Gasteiger partial charge in [-0.2, -0.15) is 0 Å². The lowest BCUT2D eigenvalue weighted by Crippen LogP contribution is -2.70. The van der Waals surface area contributed by atoms with Crippen LogP contribution in [0.15, 0.2) is 52.6 Å². The molecule has 3 aliphatic rings. The molecule has 0 unspecified atom stereocenters. The molecule has 3 N–H and O–H groups in total. The van der Waals surface area contributed by atoms with E-state index in [0.29, 0.717) is 17.9 Å². The maximum atomic E-state index is 13.2. The summed E-state index contributed by atoms with van der Waals surface area (Å²) in [6.07, 6.45) is 6.89. The van der Waals surface area contributed by atoms with Crippen LogP contribution < -0.4 is 10.1 Å². The second kappa shape index (κ2) is 15.6. The smallest absolute Gasteiger partial charge is 0.507 e. The number of thioether (sulfide) groups is 1. The van der Waals surface area contributed by atoms with Crippen LogP contribution in [0.2, 0.25) is 0 Å². The topological polar surface area (TPSA) is 142 Å². The molecule has 2 aromatic rings. The van der Waals surface area contributed by atoms with Crippen molar-refractivity contribution in [2.24, 2.45) is 11.8 Å². The van der Waals surface area contributed by atoms with Crippen molar-refractivity contribution in [1.82, 2.24) is 10.2 Å². The van der Waals surface area contributed by atoms with Crippen LogP contribution in [0, 0.1) is 11.8 Å². The Labute approximate surface area is 289 Å². The van der Waals surface area contributed by atoms with Gasteiger partial charge in [0.2, 0.25) is 5.91 Å². The fraction of sp³-hybridized carbons (Fsp3) is 0.500. The van der Waals surface area contributed by atoms with E-state index in [9.17, 15) is 29.4 Å². The van der Waals surface area contributed by atoms with Gasteiger partial charge in [0.15, 0.2) is 0 Å². The third kappa shape index (κ3) is 7.92. The summed E-state index contributed by atoms with van der Waals surface area (Å²) in [5, 5.41) is 25.4. The molecule has 258 valence electrons. The van der Waals surface area contributed by atoms with Gasteiger partial charge in [0, 0.05) is 27.7 Å². The highest BCUT2D eigenvalue weighted by Crippen LogP contribution is 2.47. The predicted octanol–water partition coefficient (Wildman–Crippen LogP) is 6.78. The molecule has 10 nitrogen and oxygen atoms in total. The number of phenolic OH excluding ortho intramolecular Hbond substituents is 1. The summed E-state index contributed by atoms with van der Waals surface area (Å²) in [6, 6.07) is 6.40. The molecule has 48 heavy (non-hydrogen) atoms. The molecule has 0 bridgehead atoms. The highest BCUT2D eigenvalue weighted by atomic mass is 32.2. The number of β-lactam (4-membered cyclic amide) rings is 1. The van der Waals surface area contributed by atoms with E-state index in [1.54, 1.807) is 12.1 Å². The van der Waals surface area contributed by atoms with E-state index >= 15 is 0 Å². The number of nitrogens with one attached hydrogen (secondary N) is 1. The molecule has 2 aliphatic heterocycles. The third-order valence-corrected chi connectivity index (χ3v) is 11.5. The van der Waals surface area contributed by atoms with Crippen LogP contribution in [0.1, 0.15) is 81.7 Å². The normalized spacial score (nSPS) is 22.1. The Hall–Kier alpha value is -3.77. The highest BCUT2D eigenvalue weighted by molar-refractivity contribution is 8.00. The van der Waals surface area contributed by atoms with E-state index in [-0.39, 0.29) is 52.7 Å². The molecule has 0 radical (unpaired) electrons. The summed E-state index contributed by atoms with van der Waals surface area (Å²) >= 11 is 2.74. The zero-order valence-electron chi connectivity index (χ0n) is 27.8. The van der Waals surface area contributed by atoms with Crippen LogP contribution in [-0.4, -0.2) is 62.8 Å². The fourth-order valence-electron chi connectivity index (χ4n) is 6.80. The maximum Gasteiger partial charge on any atom is 0.514 e. The molecule has 1 fully saturated rings. The first-order chi connectivity index (χ1) is 23.0. The average Bonchev–Trinajstić information content (AvgIpc) is 3.55. The standard InChI is InChI=1S/C36H44N2O8S2/c1-5-6-7-9-22-15-27(39)30(26-14-21(4)11-12-25(26)20(2)3)28(16-22)46-36(44)45-18-23-19-48-34-31(33(41)38(34)32(23)35(42)43)37-29(40)17-24-10-8-13-47-24/h8,10,13-16,20,25-26,31,34,39H,5-7,9,11-12,17-19H2,1-4H3,(H,37,40)(H,42,43)/t25-,26+,31+,34+/m0/s1. The number of carboxylic acids is 1. The van der Waals surface area contributed by atoms with Gasteiger partial charge in [0.1, 0.15) is 35.2 Å². The molecule has 2 amide bonds. The number of aliphatic carboxylic acids is 1. The number of aryl methyl sites for hydroxylation is 1. The minimum atomic E-state index is -1.32. The number of amides is 2. The molecule has 5 rings (SSSR count). The van der Waals surface area contributed by atoms with E-state index in [0.717, 1.165) is 47.4 Å². The number of rotatable bonds is 13. The maximum absolute atomic E-state index is 13.2. The van der Waals surface area contributed by atoms with E-state index in [4.69, 9.17) is 9.47 Å². The number of allylic oxidation sites excluding steroid dienone is 2. The summed E-state index contributed by atoms with van der Waals surface area (Å²) in [7, 11) is 0.